The lowest BCUT2D eigenvalue weighted by Gasteiger charge is -2.36. The van der Waals surface area contributed by atoms with Gasteiger partial charge < -0.3 is 25.3 Å². The fourth-order valence-corrected chi connectivity index (χ4v) is 7.76. The van der Waals surface area contributed by atoms with Gasteiger partial charge in [0, 0.05) is 43.9 Å². The molecule has 11 nitrogen and oxygen atoms in total. The number of Topliss-reactive ketones (excluding diaryl/α,β-unsaturated/α-hetero) is 1. The van der Waals surface area contributed by atoms with Gasteiger partial charge in [0.25, 0.3) is 5.91 Å². The van der Waals surface area contributed by atoms with E-state index in [1.165, 1.54) is 30.3 Å². The SMILES string of the molecule is CN(C)C(=O)C(=O)[C@@H](CC1CCC1)NC(=O)[C@@H]1C[C@]2(CC(c3cccc(Cl)c3)=NO2)CN1C(=O)[C@@H](NC(=O)CC1CCCCC1)C(C)(C)C. The topological polar surface area (TPSA) is 137 Å². The van der Waals surface area contributed by atoms with Gasteiger partial charge in [-0.05, 0) is 48.6 Å². The molecule has 2 heterocycles. The molecular formula is C37H52ClN5O6. The number of carbonyl (C=O) groups is 5. The highest BCUT2D eigenvalue weighted by Crippen LogP contribution is 2.40. The molecule has 12 heteroatoms. The van der Waals surface area contributed by atoms with E-state index < -0.39 is 52.6 Å². The molecule has 0 bridgehead atoms. The third-order valence-corrected chi connectivity index (χ3v) is 10.9. The fourth-order valence-electron chi connectivity index (χ4n) is 7.57. The first kappa shape index (κ1) is 36.8. The number of halogens is 1. The largest absolute Gasteiger partial charge is 0.387 e. The molecule has 1 aromatic rings. The maximum absolute atomic E-state index is 14.6. The number of rotatable bonds is 11. The van der Waals surface area contributed by atoms with Crippen LogP contribution in [0.1, 0.15) is 103 Å². The van der Waals surface area contributed by atoms with E-state index >= 15 is 0 Å². The van der Waals surface area contributed by atoms with E-state index in [0.29, 0.717) is 35.9 Å². The maximum Gasteiger partial charge on any atom is 0.291 e. The van der Waals surface area contributed by atoms with Gasteiger partial charge >= 0.3 is 0 Å². The van der Waals surface area contributed by atoms with E-state index in [1.54, 1.807) is 12.1 Å². The average Bonchev–Trinajstić information content (AvgIpc) is 3.63. The van der Waals surface area contributed by atoms with Crippen LogP contribution in [0.4, 0.5) is 0 Å². The second-order valence-electron chi connectivity index (χ2n) is 15.9. The van der Waals surface area contributed by atoms with Crippen molar-refractivity contribution in [3.05, 3.63) is 34.9 Å². The van der Waals surface area contributed by atoms with Crippen LogP contribution in [0.15, 0.2) is 29.4 Å². The van der Waals surface area contributed by atoms with Gasteiger partial charge in [-0.15, -0.1) is 0 Å². The predicted molar refractivity (Wildman–Crippen MR) is 187 cm³/mol. The molecule has 1 spiro atoms. The zero-order chi connectivity index (χ0) is 35.5. The summed E-state index contributed by atoms with van der Waals surface area (Å²) in [6, 6.07) is 4.32. The van der Waals surface area contributed by atoms with E-state index in [4.69, 9.17) is 16.4 Å². The van der Waals surface area contributed by atoms with E-state index in [0.717, 1.165) is 50.5 Å². The van der Waals surface area contributed by atoms with E-state index in [-0.39, 0.29) is 24.8 Å². The van der Waals surface area contributed by atoms with Gasteiger partial charge in [-0.2, -0.15) is 0 Å². The molecule has 268 valence electrons. The molecule has 1 saturated heterocycles. The van der Waals surface area contributed by atoms with Gasteiger partial charge in [-0.25, -0.2) is 0 Å². The standard InChI is InChI=1S/C37H52ClN5O6/c1-36(2,3)32(40-30(44)18-24-11-7-6-8-12-24)35(48)43-22-37(20-28(41-49-37)25-15-10-16-26(38)19-25)21-29(43)33(46)39-27(17-23-13-9-14-23)31(45)34(47)42(4)5/h10,15-16,19,23-24,27,29,32H,6-9,11-14,17-18,20-22H2,1-5H3,(H,39,46)(H,40,44)/t27-,29+,32-,37-/m1/s1. The van der Waals surface area contributed by atoms with Crippen molar-refractivity contribution in [2.45, 2.75) is 122 Å². The maximum atomic E-state index is 14.6. The highest BCUT2D eigenvalue weighted by atomic mass is 35.5. The third kappa shape index (κ3) is 8.83. The van der Waals surface area contributed by atoms with Crippen LogP contribution in [-0.4, -0.2) is 89.3 Å². The van der Waals surface area contributed by atoms with Crippen LogP contribution >= 0.6 is 11.6 Å². The first-order chi connectivity index (χ1) is 23.2. The number of likely N-dealkylation sites (N-methyl/N-ethyl adjacent to an activating group) is 1. The zero-order valence-electron chi connectivity index (χ0n) is 29.6. The summed E-state index contributed by atoms with van der Waals surface area (Å²) in [5, 5.41) is 10.8. The normalized spacial score (nSPS) is 24.0. The number of nitrogens with zero attached hydrogens (tertiary/aromatic N) is 3. The number of benzene rings is 1. The Morgan fingerprint density at radius 3 is 2.33 bits per heavy atom. The summed E-state index contributed by atoms with van der Waals surface area (Å²) < 4.78 is 0. The molecule has 0 unspecified atom stereocenters. The van der Waals surface area contributed by atoms with Gasteiger partial charge in [0.1, 0.15) is 12.1 Å². The number of hydrogen-bond donors (Lipinski definition) is 2. The minimum atomic E-state index is -1.02. The Kier molecular flexibility index (Phi) is 11.4. The zero-order valence-corrected chi connectivity index (χ0v) is 30.3. The van der Waals surface area contributed by atoms with Crippen molar-refractivity contribution in [3.8, 4) is 0 Å². The second-order valence-corrected chi connectivity index (χ2v) is 16.4. The van der Waals surface area contributed by atoms with Crippen LogP contribution < -0.4 is 10.6 Å². The number of oxime groups is 1. The summed E-state index contributed by atoms with van der Waals surface area (Å²) in [5.74, 6) is -1.94. The van der Waals surface area contributed by atoms with Crippen LogP contribution in [0.5, 0.6) is 0 Å². The Morgan fingerprint density at radius 2 is 1.71 bits per heavy atom. The minimum Gasteiger partial charge on any atom is -0.387 e. The lowest BCUT2D eigenvalue weighted by atomic mass is 9.80. The number of likely N-dealkylation sites (tertiary alicyclic amines) is 1. The van der Waals surface area contributed by atoms with Crippen LogP contribution in [0.25, 0.3) is 0 Å². The van der Waals surface area contributed by atoms with Gasteiger partial charge in [-0.1, -0.05) is 88.2 Å². The van der Waals surface area contributed by atoms with E-state index in [1.807, 2.05) is 32.9 Å². The van der Waals surface area contributed by atoms with Gasteiger partial charge in [0.05, 0.1) is 18.3 Å². The number of carbonyl (C=O) groups excluding carboxylic acids is 5. The first-order valence-corrected chi connectivity index (χ1v) is 18.2. The van der Waals surface area contributed by atoms with Crippen molar-refractivity contribution in [3.63, 3.8) is 0 Å². The van der Waals surface area contributed by atoms with Crippen molar-refractivity contribution in [2.24, 2.45) is 22.4 Å². The molecule has 2 N–H and O–H groups in total. The highest BCUT2D eigenvalue weighted by molar-refractivity contribution is 6.38. The van der Waals surface area contributed by atoms with Gasteiger partial charge in [-0.3, -0.25) is 24.0 Å². The van der Waals surface area contributed by atoms with Crippen molar-refractivity contribution in [2.75, 3.05) is 20.6 Å². The lowest BCUT2D eigenvalue weighted by Crippen LogP contribution is -2.59. The molecule has 0 aromatic heterocycles. The lowest BCUT2D eigenvalue weighted by molar-refractivity contribution is -0.147. The number of ketones is 1. The molecule has 49 heavy (non-hydrogen) atoms. The van der Waals surface area contributed by atoms with Crippen molar-refractivity contribution >= 4 is 46.7 Å². The minimum absolute atomic E-state index is 0.0560. The molecular weight excluding hydrogens is 646 g/mol. The smallest absolute Gasteiger partial charge is 0.291 e. The summed E-state index contributed by atoms with van der Waals surface area (Å²) in [6.07, 6.45) is 9.47. The first-order valence-electron chi connectivity index (χ1n) is 17.8. The Bertz CT molecular complexity index is 1460. The quantitative estimate of drug-likeness (QED) is 0.324. The van der Waals surface area contributed by atoms with E-state index in [2.05, 4.69) is 15.8 Å². The Hall–Kier alpha value is -3.47. The second kappa shape index (κ2) is 15.2. The number of nitrogens with one attached hydrogen (secondary N) is 2. The molecule has 1 aromatic carbocycles. The van der Waals surface area contributed by atoms with Crippen molar-refractivity contribution < 1.29 is 28.8 Å². The highest BCUT2D eigenvalue weighted by Gasteiger charge is 2.56. The molecule has 2 aliphatic heterocycles. The molecule has 4 atom stereocenters. The van der Waals surface area contributed by atoms with Gasteiger partial charge in [0.15, 0.2) is 5.60 Å². The van der Waals surface area contributed by atoms with Crippen LogP contribution in [0, 0.1) is 17.3 Å². The summed E-state index contributed by atoms with van der Waals surface area (Å²) >= 11 is 6.26. The Labute approximate surface area is 294 Å². The molecule has 5 rings (SSSR count). The van der Waals surface area contributed by atoms with Gasteiger partial charge in [0.2, 0.25) is 23.5 Å². The monoisotopic (exact) mass is 697 g/mol. The summed E-state index contributed by atoms with van der Waals surface area (Å²) in [7, 11) is 3.02. The van der Waals surface area contributed by atoms with Crippen molar-refractivity contribution in [1.82, 2.24) is 20.4 Å². The van der Waals surface area contributed by atoms with E-state index in [9.17, 15) is 24.0 Å². The average molecular weight is 698 g/mol. The third-order valence-electron chi connectivity index (χ3n) is 10.6. The summed E-state index contributed by atoms with van der Waals surface area (Å²) in [6.45, 7) is 5.73. The van der Waals surface area contributed by atoms with Crippen LogP contribution in [-0.2, 0) is 28.8 Å². The number of hydrogen-bond acceptors (Lipinski definition) is 7. The molecule has 3 fully saturated rings. The van der Waals surface area contributed by atoms with Crippen LogP contribution in [0.2, 0.25) is 5.02 Å². The molecule has 4 amide bonds. The molecule has 2 aliphatic carbocycles. The predicted octanol–water partition coefficient (Wildman–Crippen LogP) is 4.64. The fraction of sp³-hybridized carbons (Fsp3) is 0.676. The summed E-state index contributed by atoms with van der Waals surface area (Å²) in [5.41, 5.74) is -0.239. The Balaban J connectivity index is 1.40. The van der Waals surface area contributed by atoms with Crippen LogP contribution in [0.3, 0.4) is 0 Å². The molecule has 2 saturated carbocycles. The Morgan fingerprint density at radius 1 is 1.02 bits per heavy atom. The number of amides is 4. The summed E-state index contributed by atoms with van der Waals surface area (Å²) in [4.78, 5) is 77.1. The van der Waals surface area contributed by atoms with Crippen molar-refractivity contribution in [1.29, 1.82) is 0 Å². The molecule has 0 radical (unpaired) electrons. The molecule has 4 aliphatic rings.